The third-order valence-electron chi connectivity index (χ3n) is 1.86. The van der Waals surface area contributed by atoms with Crippen LogP contribution in [0, 0.1) is 0 Å². The Morgan fingerprint density at radius 2 is 1.92 bits per heavy atom. The smallest absolute Gasteiger partial charge is 0.0771 e. The predicted octanol–water partition coefficient (Wildman–Crippen LogP) is 2.08. The van der Waals surface area contributed by atoms with Gasteiger partial charge in [0.2, 0.25) is 0 Å². The molecule has 0 radical (unpaired) electrons. The zero-order valence-electron chi connectivity index (χ0n) is 7.21. The van der Waals surface area contributed by atoms with Crippen LogP contribution in [0.25, 0.3) is 0 Å². The van der Waals surface area contributed by atoms with Crippen LogP contribution in [0.15, 0.2) is 24.3 Å². The molecule has 0 unspecified atom stereocenters. The number of hydrogen-bond acceptors (Lipinski definition) is 1. The van der Waals surface area contributed by atoms with Gasteiger partial charge in [0.25, 0.3) is 0 Å². The van der Waals surface area contributed by atoms with Gasteiger partial charge in [-0.15, -0.1) is 0 Å². The molecule has 0 aliphatic heterocycles. The highest BCUT2D eigenvalue weighted by Crippen LogP contribution is 2.09. The van der Waals surface area contributed by atoms with Gasteiger partial charge in [-0.1, -0.05) is 43.4 Å². The van der Waals surface area contributed by atoms with E-state index >= 15 is 0 Å². The van der Waals surface area contributed by atoms with Crippen LogP contribution in [-0.4, -0.2) is 4.99 Å². The average Bonchev–Trinajstić information content (AvgIpc) is 2.04. The van der Waals surface area contributed by atoms with Crippen molar-refractivity contribution >= 4 is 17.2 Å². The van der Waals surface area contributed by atoms with Crippen molar-refractivity contribution in [2.75, 3.05) is 0 Å². The molecule has 0 amide bonds. The van der Waals surface area contributed by atoms with E-state index in [1.165, 1.54) is 11.1 Å². The number of rotatable bonds is 3. The van der Waals surface area contributed by atoms with Crippen LogP contribution in [0.5, 0.6) is 0 Å². The second kappa shape index (κ2) is 4.21. The molecular weight excluding hydrogens is 166 g/mol. The molecule has 1 aromatic carbocycles. The first kappa shape index (κ1) is 9.20. The van der Waals surface area contributed by atoms with E-state index < -0.39 is 0 Å². The van der Waals surface area contributed by atoms with Crippen LogP contribution in [0.3, 0.4) is 0 Å². The number of hydrogen-bond donors (Lipinski definition) is 1. The molecule has 1 aromatic rings. The SMILES string of the molecule is CCc1ccccc1CC(N)=S. The molecule has 0 aliphatic rings. The molecule has 0 spiro atoms. The summed E-state index contributed by atoms with van der Waals surface area (Å²) < 4.78 is 0. The van der Waals surface area contributed by atoms with Crippen LogP contribution in [0.4, 0.5) is 0 Å². The molecule has 1 nitrogen and oxygen atoms in total. The lowest BCUT2D eigenvalue weighted by atomic mass is 10.0. The quantitative estimate of drug-likeness (QED) is 0.719. The van der Waals surface area contributed by atoms with Gasteiger partial charge < -0.3 is 5.73 Å². The maximum Gasteiger partial charge on any atom is 0.0771 e. The molecule has 2 heteroatoms. The normalized spacial score (nSPS) is 9.75. The lowest BCUT2D eigenvalue weighted by molar-refractivity contribution is 1.09. The maximum atomic E-state index is 5.48. The predicted molar refractivity (Wildman–Crippen MR) is 56.3 cm³/mol. The molecule has 0 fully saturated rings. The Morgan fingerprint density at radius 1 is 1.33 bits per heavy atom. The van der Waals surface area contributed by atoms with E-state index in [0.717, 1.165) is 12.8 Å². The van der Waals surface area contributed by atoms with Gasteiger partial charge >= 0.3 is 0 Å². The summed E-state index contributed by atoms with van der Waals surface area (Å²) in [7, 11) is 0. The fourth-order valence-corrected chi connectivity index (χ4v) is 1.42. The summed E-state index contributed by atoms with van der Waals surface area (Å²) in [6.07, 6.45) is 1.76. The Morgan fingerprint density at radius 3 is 2.42 bits per heavy atom. The third-order valence-corrected chi connectivity index (χ3v) is 2.01. The van der Waals surface area contributed by atoms with Gasteiger partial charge in [0.15, 0.2) is 0 Å². The van der Waals surface area contributed by atoms with Crippen molar-refractivity contribution in [2.24, 2.45) is 5.73 Å². The summed E-state index contributed by atoms with van der Waals surface area (Å²) in [6.45, 7) is 2.14. The van der Waals surface area contributed by atoms with Gasteiger partial charge in [-0.3, -0.25) is 0 Å². The lowest BCUT2D eigenvalue weighted by Gasteiger charge is -2.05. The molecule has 0 bridgehead atoms. The van der Waals surface area contributed by atoms with Crippen molar-refractivity contribution in [1.82, 2.24) is 0 Å². The molecule has 0 aromatic heterocycles. The highest BCUT2D eigenvalue weighted by molar-refractivity contribution is 7.80. The third kappa shape index (κ3) is 2.31. The van der Waals surface area contributed by atoms with E-state index in [4.69, 9.17) is 18.0 Å². The van der Waals surface area contributed by atoms with Crippen LogP contribution in [0.1, 0.15) is 18.1 Å². The summed E-state index contributed by atoms with van der Waals surface area (Å²) in [5, 5.41) is 0. The fraction of sp³-hybridized carbons (Fsp3) is 0.300. The first-order valence-electron chi connectivity index (χ1n) is 4.09. The van der Waals surface area contributed by atoms with E-state index in [0.29, 0.717) is 4.99 Å². The first-order chi connectivity index (χ1) is 5.74. The highest BCUT2D eigenvalue weighted by Gasteiger charge is 1.99. The number of benzene rings is 1. The number of nitrogens with two attached hydrogens (primary N) is 1. The second-order valence-corrected chi connectivity index (χ2v) is 3.29. The van der Waals surface area contributed by atoms with Gasteiger partial charge in [-0.05, 0) is 17.5 Å². The van der Waals surface area contributed by atoms with E-state index in [2.05, 4.69) is 19.1 Å². The van der Waals surface area contributed by atoms with Gasteiger partial charge in [-0.25, -0.2) is 0 Å². The van der Waals surface area contributed by atoms with Crippen molar-refractivity contribution in [3.8, 4) is 0 Å². The number of thiocarbonyl (C=S) groups is 1. The second-order valence-electron chi connectivity index (χ2n) is 2.77. The van der Waals surface area contributed by atoms with E-state index in [1.54, 1.807) is 0 Å². The minimum absolute atomic E-state index is 0.566. The molecule has 2 N–H and O–H groups in total. The molecule has 64 valence electrons. The summed E-state index contributed by atoms with van der Waals surface area (Å²) in [6, 6.07) is 8.26. The summed E-state index contributed by atoms with van der Waals surface area (Å²) in [4.78, 5) is 0.566. The zero-order valence-corrected chi connectivity index (χ0v) is 8.03. The van der Waals surface area contributed by atoms with E-state index in [-0.39, 0.29) is 0 Å². The monoisotopic (exact) mass is 179 g/mol. The molecule has 0 saturated carbocycles. The molecule has 0 atom stereocenters. The van der Waals surface area contributed by atoms with Crippen LogP contribution in [0.2, 0.25) is 0 Å². The Kier molecular flexibility index (Phi) is 3.23. The van der Waals surface area contributed by atoms with E-state index in [9.17, 15) is 0 Å². The maximum absolute atomic E-state index is 5.48. The Balaban J connectivity index is 2.89. The fourth-order valence-electron chi connectivity index (χ4n) is 1.26. The topological polar surface area (TPSA) is 26.0 Å². The Labute approximate surface area is 78.6 Å². The van der Waals surface area contributed by atoms with Gasteiger partial charge in [0.1, 0.15) is 0 Å². The molecule has 12 heavy (non-hydrogen) atoms. The minimum Gasteiger partial charge on any atom is -0.393 e. The van der Waals surface area contributed by atoms with Crippen LogP contribution >= 0.6 is 12.2 Å². The van der Waals surface area contributed by atoms with Gasteiger partial charge in [0.05, 0.1) is 4.99 Å². The standard InChI is InChI=1S/C10H13NS/c1-2-8-5-3-4-6-9(8)7-10(11)12/h3-6H,2,7H2,1H3,(H2,11,12). The van der Waals surface area contributed by atoms with Crippen molar-refractivity contribution in [2.45, 2.75) is 19.8 Å². The largest absolute Gasteiger partial charge is 0.393 e. The molecule has 0 aliphatic carbocycles. The Bertz CT molecular complexity index is 281. The summed E-state index contributed by atoms with van der Waals surface area (Å²) in [5.74, 6) is 0. The van der Waals surface area contributed by atoms with Crippen molar-refractivity contribution in [1.29, 1.82) is 0 Å². The summed E-state index contributed by atoms with van der Waals surface area (Å²) >= 11 is 4.86. The minimum atomic E-state index is 0.566. The first-order valence-corrected chi connectivity index (χ1v) is 4.50. The zero-order chi connectivity index (χ0) is 8.97. The molecule has 0 saturated heterocycles. The van der Waals surface area contributed by atoms with Crippen molar-refractivity contribution in [3.05, 3.63) is 35.4 Å². The van der Waals surface area contributed by atoms with Crippen LogP contribution < -0.4 is 5.73 Å². The van der Waals surface area contributed by atoms with Gasteiger partial charge in [-0.2, -0.15) is 0 Å². The van der Waals surface area contributed by atoms with Gasteiger partial charge in [0, 0.05) is 6.42 Å². The lowest BCUT2D eigenvalue weighted by Crippen LogP contribution is -2.12. The molecule has 0 heterocycles. The van der Waals surface area contributed by atoms with E-state index in [1.807, 2.05) is 12.1 Å². The van der Waals surface area contributed by atoms with Crippen molar-refractivity contribution < 1.29 is 0 Å². The average molecular weight is 179 g/mol. The summed E-state index contributed by atoms with van der Waals surface area (Å²) in [5.41, 5.74) is 8.07. The molecule has 1 rings (SSSR count). The Hall–Kier alpha value is -0.890. The number of aryl methyl sites for hydroxylation is 1. The van der Waals surface area contributed by atoms with Crippen molar-refractivity contribution in [3.63, 3.8) is 0 Å². The van der Waals surface area contributed by atoms with Crippen LogP contribution in [-0.2, 0) is 12.8 Å². The molecular formula is C10H13NS. The highest BCUT2D eigenvalue weighted by atomic mass is 32.1.